The molecule has 22 heavy (non-hydrogen) atoms. The quantitative estimate of drug-likeness (QED) is 0.448. The maximum Gasteiger partial charge on any atom is 0.248 e. The third kappa shape index (κ3) is 4.55. The number of aromatic nitrogens is 2. The molecule has 0 bridgehead atoms. The van der Waals surface area contributed by atoms with Crippen LogP contribution in [-0.2, 0) is 11.0 Å². The van der Waals surface area contributed by atoms with Gasteiger partial charge in [-0.05, 0) is 51.5 Å². The molecule has 4 heteroatoms. The van der Waals surface area contributed by atoms with E-state index in [0.29, 0.717) is 0 Å². The highest BCUT2D eigenvalue weighted by molar-refractivity contribution is 6.69. The van der Waals surface area contributed by atoms with Crippen LogP contribution in [0.4, 0.5) is 0 Å². The molecule has 2 aromatic rings. The SMILES string of the molecule is Cc1cc(C)c(-n2cc[n+](CCCO[Si](C)(C)C)c2)c(C)c1. The number of benzene rings is 1. The highest BCUT2D eigenvalue weighted by Gasteiger charge is 2.15. The van der Waals surface area contributed by atoms with Crippen LogP contribution in [0.15, 0.2) is 30.9 Å². The van der Waals surface area contributed by atoms with Crippen LogP contribution in [0, 0.1) is 20.8 Å². The van der Waals surface area contributed by atoms with E-state index >= 15 is 0 Å². The Balaban J connectivity index is 2.03. The number of rotatable bonds is 6. The second-order valence-electron chi connectivity index (χ2n) is 7.12. The summed E-state index contributed by atoms with van der Waals surface area (Å²) in [5.74, 6) is 0. The van der Waals surface area contributed by atoms with E-state index in [-0.39, 0.29) is 0 Å². The van der Waals surface area contributed by atoms with Crippen LogP contribution >= 0.6 is 0 Å². The predicted molar refractivity (Wildman–Crippen MR) is 94.1 cm³/mol. The van der Waals surface area contributed by atoms with Gasteiger partial charge < -0.3 is 4.43 Å². The van der Waals surface area contributed by atoms with Gasteiger partial charge >= 0.3 is 0 Å². The molecule has 0 spiro atoms. The van der Waals surface area contributed by atoms with Crippen molar-refractivity contribution in [1.29, 1.82) is 0 Å². The van der Waals surface area contributed by atoms with Gasteiger partial charge in [0.15, 0.2) is 8.32 Å². The summed E-state index contributed by atoms with van der Waals surface area (Å²) < 4.78 is 10.4. The molecule has 1 aromatic carbocycles. The van der Waals surface area contributed by atoms with Crippen LogP contribution in [0.3, 0.4) is 0 Å². The summed E-state index contributed by atoms with van der Waals surface area (Å²) in [5.41, 5.74) is 5.26. The lowest BCUT2D eigenvalue weighted by Crippen LogP contribution is -2.33. The van der Waals surface area contributed by atoms with E-state index in [1.165, 1.54) is 22.4 Å². The van der Waals surface area contributed by atoms with E-state index in [2.05, 4.69) is 80.4 Å². The second-order valence-corrected chi connectivity index (χ2v) is 11.6. The molecule has 0 aliphatic carbocycles. The number of aryl methyl sites for hydroxylation is 4. The molecule has 120 valence electrons. The van der Waals surface area contributed by atoms with Crippen LogP contribution in [-0.4, -0.2) is 19.5 Å². The topological polar surface area (TPSA) is 18.0 Å². The first-order chi connectivity index (χ1) is 10.3. The Morgan fingerprint density at radius 2 is 1.73 bits per heavy atom. The first-order valence-electron chi connectivity index (χ1n) is 8.05. The molecule has 1 heterocycles. The summed E-state index contributed by atoms with van der Waals surface area (Å²) in [6.07, 6.45) is 7.53. The van der Waals surface area contributed by atoms with Gasteiger partial charge in [-0.3, -0.25) is 0 Å². The maximum absolute atomic E-state index is 5.91. The lowest BCUT2D eigenvalue weighted by atomic mass is 10.1. The third-order valence-corrected chi connectivity index (χ3v) is 4.75. The Bertz CT molecular complexity index is 618. The van der Waals surface area contributed by atoms with E-state index < -0.39 is 8.32 Å². The van der Waals surface area contributed by atoms with Gasteiger partial charge in [0.25, 0.3) is 0 Å². The normalized spacial score (nSPS) is 11.9. The molecule has 0 amide bonds. The molecule has 0 radical (unpaired) electrons. The van der Waals surface area contributed by atoms with Gasteiger partial charge in [0, 0.05) is 13.0 Å². The number of nitrogens with zero attached hydrogens (tertiary/aromatic N) is 2. The lowest BCUT2D eigenvalue weighted by Gasteiger charge is -2.16. The second kappa shape index (κ2) is 6.80. The molecule has 0 aliphatic heterocycles. The summed E-state index contributed by atoms with van der Waals surface area (Å²) in [5, 5.41) is 0. The highest BCUT2D eigenvalue weighted by atomic mass is 28.4. The molecule has 1 aromatic heterocycles. The standard InChI is InChI=1S/C18H29N2OSi/c1-15-12-16(2)18(17(3)13-15)20-10-9-19(14-20)8-7-11-21-22(4,5)6/h9-10,12-14H,7-8,11H2,1-6H3/q+1. The van der Waals surface area contributed by atoms with Crippen molar-refractivity contribution >= 4 is 8.32 Å². The molecule has 0 fully saturated rings. The zero-order chi connectivity index (χ0) is 16.3. The molecule has 0 aliphatic rings. The van der Waals surface area contributed by atoms with Crippen molar-refractivity contribution in [1.82, 2.24) is 4.57 Å². The van der Waals surface area contributed by atoms with Crippen LogP contribution in [0.5, 0.6) is 0 Å². The molecule has 2 rings (SSSR count). The molecule has 0 saturated heterocycles. The summed E-state index contributed by atoms with van der Waals surface area (Å²) in [6.45, 7) is 15.1. The molecule has 0 N–H and O–H groups in total. The van der Waals surface area contributed by atoms with Crippen LogP contribution < -0.4 is 4.57 Å². The Morgan fingerprint density at radius 1 is 1.09 bits per heavy atom. The van der Waals surface area contributed by atoms with Gasteiger partial charge in [-0.15, -0.1) is 0 Å². The van der Waals surface area contributed by atoms with E-state index in [1.54, 1.807) is 0 Å². The monoisotopic (exact) mass is 317 g/mol. The number of imidazole rings is 1. The zero-order valence-electron chi connectivity index (χ0n) is 14.8. The lowest BCUT2D eigenvalue weighted by molar-refractivity contribution is -0.696. The first kappa shape index (κ1) is 17.0. The summed E-state index contributed by atoms with van der Waals surface area (Å²) in [7, 11) is -1.38. The fourth-order valence-electron chi connectivity index (χ4n) is 2.86. The number of hydrogen-bond acceptors (Lipinski definition) is 1. The summed E-state index contributed by atoms with van der Waals surface area (Å²) in [4.78, 5) is 0. The average Bonchev–Trinajstić information content (AvgIpc) is 2.81. The van der Waals surface area contributed by atoms with Crippen LogP contribution in [0.2, 0.25) is 19.6 Å². The van der Waals surface area contributed by atoms with Crippen molar-refractivity contribution in [2.75, 3.05) is 6.61 Å². The Labute approximate surface area is 135 Å². The minimum absolute atomic E-state index is 0.858. The van der Waals surface area contributed by atoms with Crippen molar-refractivity contribution < 1.29 is 8.99 Å². The summed E-state index contributed by atoms with van der Waals surface area (Å²) >= 11 is 0. The van der Waals surface area contributed by atoms with Crippen LogP contribution in [0.1, 0.15) is 23.1 Å². The van der Waals surface area contributed by atoms with Crippen molar-refractivity contribution in [3.63, 3.8) is 0 Å². The van der Waals surface area contributed by atoms with Crippen LogP contribution in [0.25, 0.3) is 5.69 Å². The Morgan fingerprint density at radius 3 is 2.32 bits per heavy atom. The zero-order valence-corrected chi connectivity index (χ0v) is 15.8. The molecular weight excluding hydrogens is 288 g/mol. The Hall–Kier alpha value is -1.39. The smallest absolute Gasteiger partial charge is 0.248 e. The van der Waals surface area contributed by atoms with Gasteiger partial charge in [-0.1, -0.05) is 17.7 Å². The fourth-order valence-corrected chi connectivity index (χ4v) is 3.62. The average molecular weight is 318 g/mol. The van der Waals surface area contributed by atoms with Crippen molar-refractivity contribution in [2.45, 2.75) is 53.4 Å². The summed E-state index contributed by atoms with van der Waals surface area (Å²) in [6, 6.07) is 4.49. The molecule has 0 unspecified atom stereocenters. The largest absolute Gasteiger partial charge is 0.417 e. The maximum atomic E-state index is 5.91. The third-order valence-electron chi connectivity index (χ3n) is 3.68. The Kier molecular flexibility index (Phi) is 5.24. The van der Waals surface area contributed by atoms with Crippen molar-refractivity contribution in [3.8, 4) is 5.69 Å². The highest BCUT2D eigenvalue weighted by Crippen LogP contribution is 2.20. The van der Waals surface area contributed by atoms with Crippen molar-refractivity contribution in [2.24, 2.45) is 0 Å². The molecule has 0 atom stereocenters. The van der Waals surface area contributed by atoms with Crippen molar-refractivity contribution in [3.05, 3.63) is 47.5 Å². The van der Waals surface area contributed by atoms with Gasteiger partial charge in [0.1, 0.15) is 18.1 Å². The van der Waals surface area contributed by atoms with Gasteiger partial charge in [0.05, 0.1) is 6.54 Å². The molecule has 0 saturated carbocycles. The number of hydrogen-bond donors (Lipinski definition) is 0. The minimum atomic E-state index is -1.38. The van der Waals surface area contributed by atoms with E-state index in [1.807, 2.05) is 0 Å². The minimum Gasteiger partial charge on any atom is -0.417 e. The van der Waals surface area contributed by atoms with Gasteiger partial charge in [0.2, 0.25) is 6.33 Å². The fraction of sp³-hybridized carbons (Fsp3) is 0.500. The van der Waals surface area contributed by atoms with E-state index in [4.69, 9.17) is 4.43 Å². The van der Waals surface area contributed by atoms with E-state index in [9.17, 15) is 0 Å². The first-order valence-corrected chi connectivity index (χ1v) is 11.5. The predicted octanol–water partition coefficient (Wildman–Crippen LogP) is 3.93. The van der Waals surface area contributed by atoms with E-state index in [0.717, 1.165) is 19.6 Å². The van der Waals surface area contributed by atoms with Gasteiger partial charge in [-0.2, -0.15) is 0 Å². The molecular formula is C18H29N2OSi+. The molecule has 3 nitrogen and oxygen atoms in total. The van der Waals surface area contributed by atoms with Gasteiger partial charge in [-0.25, -0.2) is 9.13 Å².